The number of ether oxygens (including phenoxy) is 2. The Kier molecular flexibility index (Phi) is 9.09. The molecule has 0 saturated carbocycles. The normalized spacial score (nSPS) is 11.3. The average molecular weight is 547 g/mol. The standard InChI is InChI=1S/C25H27BrN2O5S/c1-32-23-13-8-20(16-24(23)33-2)17-27-25(29)18-28(15-14-19-6-4-3-5-7-19)34(30,31)22-11-9-21(26)10-12-22/h3-13,16H,14-15,17-18H2,1-2H3,(H,27,29). The Hall–Kier alpha value is -2.88. The topological polar surface area (TPSA) is 84.9 Å². The van der Waals surface area contributed by atoms with Gasteiger partial charge in [0.2, 0.25) is 15.9 Å². The van der Waals surface area contributed by atoms with E-state index < -0.39 is 15.9 Å². The van der Waals surface area contributed by atoms with Crippen molar-refractivity contribution in [1.29, 1.82) is 0 Å². The summed E-state index contributed by atoms with van der Waals surface area (Å²) in [7, 11) is -0.780. The van der Waals surface area contributed by atoms with Gasteiger partial charge in [0.05, 0.1) is 25.7 Å². The lowest BCUT2D eigenvalue weighted by Gasteiger charge is -2.22. The number of nitrogens with zero attached hydrogens (tertiary/aromatic N) is 1. The van der Waals surface area contributed by atoms with Crippen molar-refractivity contribution < 1.29 is 22.7 Å². The summed E-state index contributed by atoms with van der Waals surface area (Å²) in [6.07, 6.45) is 0.486. The Morgan fingerprint density at radius 3 is 2.24 bits per heavy atom. The Balaban J connectivity index is 1.73. The largest absolute Gasteiger partial charge is 0.493 e. The first-order valence-electron chi connectivity index (χ1n) is 10.6. The third-order valence-electron chi connectivity index (χ3n) is 5.20. The van der Waals surface area contributed by atoms with Crippen molar-refractivity contribution in [3.05, 3.63) is 88.4 Å². The minimum absolute atomic E-state index is 0.136. The van der Waals surface area contributed by atoms with Gasteiger partial charge in [0.1, 0.15) is 0 Å². The zero-order valence-corrected chi connectivity index (χ0v) is 21.4. The van der Waals surface area contributed by atoms with Crippen LogP contribution in [0.25, 0.3) is 0 Å². The van der Waals surface area contributed by atoms with Crippen LogP contribution in [0.2, 0.25) is 0 Å². The van der Waals surface area contributed by atoms with Crippen molar-refractivity contribution in [3.63, 3.8) is 0 Å². The second-order valence-corrected chi connectivity index (χ2v) is 10.3. The predicted molar refractivity (Wildman–Crippen MR) is 134 cm³/mol. The molecule has 9 heteroatoms. The molecule has 1 amide bonds. The van der Waals surface area contributed by atoms with E-state index in [1.807, 2.05) is 36.4 Å². The van der Waals surface area contributed by atoms with Crippen LogP contribution in [-0.4, -0.2) is 45.9 Å². The van der Waals surface area contributed by atoms with Gasteiger partial charge >= 0.3 is 0 Å². The SMILES string of the molecule is COc1ccc(CNC(=O)CN(CCc2ccccc2)S(=O)(=O)c2ccc(Br)cc2)cc1OC. The summed E-state index contributed by atoms with van der Waals surface area (Å²) in [5.74, 6) is 0.741. The highest BCUT2D eigenvalue weighted by atomic mass is 79.9. The van der Waals surface area contributed by atoms with Crippen LogP contribution in [0.3, 0.4) is 0 Å². The molecule has 3 aromatic rings. The van der Waals surface area contributed by atoms with Crippen LogP contribution in [-0.2, 0) is 27.8 Å². The van der Waals surface area contributed by atoms with Crippen LogP contribution in [0.15, 0.2) is 82.2 Å². The first-order chi connectivity index (χ1) is 16.3. The fourth-order valence-corrected chi connectivity index (χ4v) is 5.01. The van der Waals surface area contributed by atoms with E-state index in [-0.39, 0.29) is 24.5 Å². The number of carbonyl (C=O) groups is 1. The number of amides is 1. The van der Waals surface area contributed by atoms with Crippen molar-refractivity contribution in [2.75, 3.05) is 27.3 Å². The summed E-state index contributed by atoms with van der Waals surface area (Å²) < 4.78 is 39.2. The van der Waals surface area contributed by atoms with E-state index in [9.17, 15) is 13.2 Å². The van der Waals surface area contributed by atoms with Gasteiger partial charge in [-0.05, 0) is 53.9 Å². The molecule has 3 rings (SSSR count). The van der Waals surface area contributed by atoms with E-state index in [0.717, 1.165) is 15.6 Å². The highest BCUT2D eigenvalue weighted by Gasteiger charge is 2.26. The molecule has 0 fully saturated rings. The van der Waals surface area contributed by atoms with Crippen molar-refractivity contribution >= 4 is 31.9 Å². The van der Waals surface area contributed by atoms with E-state index in [0.29, 0.717) is 17.9 Å². The highest BCUT2D eigenvalue weighted by Crippen LogP contribution is 2.27. The summed E-state index contributed by atoms with van der Waals surface area (Å²) in [4.78, 5) is 12.9. The number of methoxy groups -OCH3 is 2. The van der Waals surface area contributed by atoms with Crippen LogP contribution < -0.4 is 14.8 Å². The summed E-state index contributed by atoms with van der Waals surface area (Å²) >= 11 is 3.32. The van der Waals surface area contributed by atoms with E-state index in [2.05, 4.69) is 21.2 Å². The minimum atomic E-state index is -3.87. The molecule has 0 spiro atoms. The molecular formula is C25H27BrN2O5S. The molecule has 0 heterocycles. The quantitative estimate of drug-likeness (QED) is 0.392. The van der Waals surface area contributed by atoms with Gasteiger partial charge in [-0.3, -0.25) is 4.79 Å². The maximum Gasteiger partial charge on any atom is 0.243 e. The second-order valence-electron chi connectivity index (χ2n) is 7.49. The van der Waals surface area contributed by atoms with Gasteiger partial charge in [-0.1, -0.05) is 52.3 Å². The summed E-state index contributed by atoms with van der Waals surface area (Å²) in [5, 5.41) is 2.80. The van der Waals surface area contributed by atoms with Crippen molar-refractivity contribution in [2.45, 2.75) is 17.9 Å². The predicted octanol–water partition coefficient (Wildman–Crippen LogP) is 4.02. The number of rotatable bonds is 11. The maximum atomic E-state index is 13.3. The minimum Gasteiger partial charge on any atom is -0.493 e. The summed E-state index contributed by atoms with van der Waals surface area (Å²) in [6.45, 7) is 0.106. The zero-order valence-electron chi connectivity index (χ0n) is 19.0. The number of hydrogen-bond donors (Lipinski definition) is 1. The number of nitrogens with one attached hydrogen (secondary N) is 1. The number of halogens is 1. The van der Waals surface area contributed by atoms with E-state index >= 15 is 0 Å². The van der Waals surface area contributed by atoms with Crippen LogP contribution in [0, 0.1) is 0 Å². The molecule has 1 N–H and O–H groups in total. The van der Waals surface area contributed by atoms with Crippen molar-refractivity contribution in [1.82, 2.24) is 9.62 Å². The molecule has 0 saturated heterocycles. The van der Waals surface area contributed by atoms with Crippen molar-refractivity contribution in [2.24, 2.45) is 0 Å². The maximum absolute atomic E-state index is 13.3. The molecule has 3 aromatic carbocycles. The molecule has 0 unspecified atom stereocenters. The summed E-state index contributed by atoms with van der Waals surface area (Å²) in [6, 6.07) is 21.3. The van der Waals surface area contributed by atoms with E-state index in [1.54, 1.807) is 31.4 Å². The summed E-state index contributed by atoms with van der Waals surface area (Å²) in [5.41, 5.74) is 1.79. The van der Waals surface area contributed by atoms with Crippen LogP contribution in [0.4, 0.5) is 0 Å². The molecule has 0 aliphatic carbocycles. The number of sulfonamides is 1. The molecule has 0 radical (unpaired) electrons. The smallest absolute Gasteiger partial charge is 0.243 e. The third kappa shape index (κ3) is 6.82. The fourth-order valence-electron chi connectivity index (χ4n) is 3.35. The molecule has 34 heavy (non-hydrogen) atoms. The Bertz CT molecular complexity index is 1200. The van der Waals surface area contributed by atoms with Gasteiger partial charge in [0, 0.05) is 17.6 Å². The lowest BCUT2D eigenvalue weighted by molar-refractivity contribution is -0.121. The van der Waals surface area contributed by atoms with Gasteiger partial charge in [-0.15, -0.1) is 0 Å². The molecule has 0 bridgehead atoms. The Labute approximate surface area is 208 Å². The fraction of sp³-hybridized carbons (Fsp3) is 0.240. The molecule has 0 atom stereocenters. The Morgan fingerprint density at radius 2 is 1.59 bits per heavy atom. The highest BCUT2D eigenvalue weighted by molar-refractivity contribution is 9.10. The molecule has 0 aromatic heterocycles. The lowest BCUT2D eigenvalue weighted by Crippen LogP contribution is -2.41. The molecule has 180 valence electrons. The van der Waals surface area contributed by atoms with Gasteiger partial charge < -0.3 is 14.8 Å². The van der Waals surface area contributed by atoms with Gasteiger partial charge in [-0.25, -0.2) is 8.42 Å². The molecule has 0 aliphatic rings. The number of hydrogen-bond acceptors (Lipinski definition) is 5. The van der Waals surface area contributed by atoms with E-state index in [4.69, 9.17) is 9.47 Å². The van der Waals surface area contributed by atoms with E-state index in [1.165, 1.54) is 23.5 Å². The average Bonchev–Trinajstić information content (AvgIpc) is 2.85. The van der Waals surface area contributed by atoms with Gasteiger partial charge in [-0.2, -0.15) is 4.31 Å². The van der Waals surface area contributed by atoms with Crippen LogP contribution >= 0.6 is 15.9 Å². The number of carbonyl (C=O) groups excluding carboxylic acids is 1. The molecule has 7 nitrogen and oxygen atoms in total. The molecular weight excluding hydrogens is 520 g/mol. The van der Waals surface area contributed by atoms with Crippen LogP contribution in [0.5, 0.6) is 11.5 Å². The van der Waals surface area contributed by atoms with Gasteiger partial charge in [0.15, 0.2) is 11.5 Å². The first kappa shape index (κ1) is 25.7. The van der Waals surface area contributed by atoms with Crippen LogP contribution in [0.1, 0.15) is 11.1 Å². The zero-order chi connectivity index (χ0) is 24.6. The van der Waals surface area contributed by atoms with Crippen molar-refractivity contribution in [3.8, 4) is 11.5 Å². The second kappa shape index (κ2) is 12.0. The monoisotopic (exact) mass is 546 g/mol. The number of benzene rings is 3. The lowest BCUT2D eigenvalue weighted by atomic mass is 10.1. The van der Waals surface area contributed by atoms with Gasteiger partial charge in [0.25, 0.3) is 0 Å². The first-order valence-corrected chi connectivity index (χ1v) is 12.8. The molecule has 0 aliphatic heterocycles. The Morgan fingerprint density at radius 1 is 0.912 bits per heavy atom. The third-order valence-corrected chi connectivity index (χ3v) is 7.59.